The van der Waals surface area contributed by atoms with Crippen molar-refractivity contribution >= 4 is 58.0 Å². The zero-order valence-corrected chi connectivity index (χ0v) is 31.1. The van der Waals surface area contributed by atoms with Gasteiger partial charge in [-0.3, -0.25) is 4.68 Å². The summed E-state index contributed by atoms with van der Waals surface area (Å²) in [6, 6.07) is 9.34. The van der Waals surface area contributed by atoms with Crippen molar-refractivity contribution in [1.29, 1.82) is 0 Å². The van der Waals surface area contributed by atoms with Crippen molar-refractivity contribution in [1.82, 2.24) is 24.6 Å². The number of anilines is 5. The molecule has 2 fully saturated rings. The number of likely N-dealkylation sites (tertiary alicyclic amines) is 1. The van der Waals surface area contributed by atoms with Gasteiger partial charge in [0.05, 0.1) is 23.5 Å². The Morgan fingerprint density at radius 3 is 2.43 bits per heavy atom. The highest BCUT2D eigenvalue weighted by molar-refractivity contribution is 9.10. The number of aromatic nitrogens is 4. The number of ether oxygens (including phenoxy) is 1. The van der Waals surface area contributed by atoms with Crippen LogP contribution in [0.5, 0.6) is 5.75 Å². The fourth-order valence-electron chi connectivity index (χ4n) is 7.00. The van der Waals surface area contributed by atoms with E-state index in [1.807, 2.05) is 10.9 Å². The van der Waals surface area contributed by atoms with Gasteiger partial charge in [0.15, 0.2) is 0 Å². The third-order valence-corrected chi connectivity index (χ3v) is 11.7. The average molecular weight is 720 g/mol. The van der Waals surface area contributed by atoms with Crippen molar-refractivity contribution in [2.75, 3.05) is 62.2 Å². The molecule has 2 N–H and O–H groups in total. The number of benzene rings is 2. The van der Waals surface area contributed by atoms with Crippen molar-refractivity contribution in [2.24, 2.45) is 0 Å². The molecule has 0 aliphatic carbocycles. The molecule has 9 nitrogen and oxygen atoms in total. The van der Waals surface area contributed by atoms with E-state index in [0.29, 0.717) is 17.8 Å². The van der Waals surface area contributed by atoms with Crippen LogP contribution in [0.4, 0.5) is 28.8 Å². The van der Waals surface area contributed by atoms with Crippen molar-refractivity contribution in [2.45, 2.75) is 65.5 Å². The van der Waals surface area contributed by atoms with E-state index in [1.54, 1.807) is 13.3 Å². The molecule has 2 aliphatic rings. The average Bonchev–Trinajstić information content (AvgIpc) is 3.57. The van der Waals surface area contributed by atoms with Gasteiger partial charge in [-0.2, -0.15) is 10.1 Å². The summed E-state index contributed by atoms with van der Waals surface area (Å²) in [5.41, 5.74) is 7.90. The van der Waals surface area contributed by atoms with Crippen LogP contribution < -0.4 is 25.6 Å². The maximum atomic E-state index is 6.00. The van der Waals surface area contributed by atoms with Crippen LogP contribution in [0.3, 0.4) is 0 Å². The van der Waals surface area contributed by atoms with Gasteiger partial charge in [-0.15, -0.1) is 0 Å². The normalized spacial score (nSPS) is 16.1. The molecular formula is C36H48BrN8OP. The van der Waals surface area contributed by atoms with E-state index in [1.165, 1.54) is 67.3 Å². The first-order chi connectivity index (χ1) is 22.7. The first-order valence-corrected chi connectivity index (χ1v) is 19.9. The highest BCUT2D eigenvalue weighted by Crippen LogP contribution is 2.42. The zero-order chi connectivity index (χ0) is 33.1. The van der Waals surface area contributed by atoms with Crippen molar-refractivity contribution in [3.8, 4) is 16.9 Å². The number of rotatable bonds is 10. The Bertz CT molecular complexity index is 1690. The maximum absolute atomic E-state index is 6.00. The molecule has 0 saturated carbocycles. The Labute approximate surface area is 289 Å². The number of nitrogens with zero attached hydrogens (tertiary/aromatic N) is 6. The summed E-state index contributed by atoms with van der Waals surface area (Å²) in [4.78, 5) is 14.8. The first kappa shape index (κ1) is 33.7. The van der Waals surface area contributed by atoms with E-state index in [0.717, 1.165) is 52.4 Å². The van der Waals surface area contributed by atoms with Crippen LogP contribution in [-0.4, -0.2) is 77.3 Å². The maximum Gasteiger partial charge on any atom is 0.229 e. The molecule has 2 aliphatic heterocycles. The summed E-state index contributed by atoms with van der Waals surface area (Å²) in [5, 5.41) is 13.1. The Morgan fingerprint density at radius 2 is 1.74 bits per heavy atom. The second-order valence-electron chi connectivity index (χ2n) is 12.9. The van der Waals surface area contributed by atoms with Crippen molar-refractivity contribution < 1.29 is 4.74 Å². The van der Waals surface area contributed by atoms with Gasteiger partial charge in [0.1, 0.15) is 11.6 Å². The number of nitrogens with one attached hydrogen (secondary N) is 2. The number of hydrogen-bond donors (Lipinski definition) is 2. The second kappa shape index (κ2) is 14.9. The second-order valence-corrected chi connectivity index (χ2v) is 16.0. The van der Waals surface area contributed by atoms with Gasteiger partial charge < -0.3 is 25.2 Å². The highest BCUT2D eigenvalue weighted by atomic mass is 79.9. The number of aryl methyl sites for hydroxylation is 2. The van der Waals surface area contributed by atoms with E-state index < -0.39 is 0 Å². The Morgan fingerprint density at radius 1 is 0.979 bits per heavy atom. The largest absolute Gasteiger partial charge is 0.494 e. The van der Waals surface area contributed by atoms with E-state index >= 15 is 0 Å². The topological polar surface area (TPSA) is 83.4 Å². The standard InChI is InChI=1S/C36H48BrN8OP/c1-7-45-23-26(21-39-45)28-19-31(33(46-4)20-32(28)44-17-13-27(14-18-44)43-15-9-8-10-16-43)41-36-38-22-29(37)35(42-36)40-30-12-11-24(2)25(3)34(30)47(5)6/h11-12,19-23,27H,7-10,13-18H2,1-6H3,(H2,38,40,41,42). The minimum Gasteiger partial charge on any atom is -0.494 e. The summed E-state index contributed by atoms with van der Waals surface area (Å²) >= 11 is 3.68. The predicted molar refractivity (Wildman–Crippen MR) is 201 cm³/mol. The highest BCUT2D eigenvalue weighted by Gasteiger charge is 2.28. The van der Waals surface area contributed by atoms with Gasteiger partial charge in [0, 0.05) is 71.9 Å². The number of methoxy groups -OCH3 is 1. The lowest BCUT2D eigenvalue weighted by Crippen LogP contribution is -2.46. The number of halogens is 1. The van der Waals surface area contributed by atoms with Gasteiger partial charge in [-0.25, -0.2) is 4.98 Å². The monoisotopic (exact) mass is 718 g/mol. The summed E-state index contributed by atoms with van der Waals surface area (Å²) in [6.45, 7) is 16.4. The van der Waals surface area contributed by atoms with Crippen LogP contribution in [0.2, 0.25) is 0 Å². The molecule has 2 aromatic heterocycles. The molecule has 6 rings (SSSR count). The zero-order valence-electron chi connectivity index (χ0n) is 28.6. The lowest BCUT2D eigenvalue weighted by molar-refractivity contribution is 0.141. The van der Waals surface area contributed by atoms with Gasteiger partial charge >= 0.3 is 0 Å². The lowest BCUT2D eigenvalue weighted by Gasteiger charge is -2.41. The predicted octanol–water partition coefficient (Wildman–Crippen LogP) is 8.06. The fraction of sp³-hybridized carbons (Fsp3) is 0.472. The minimum absolute atomic E-state index is 0.321. The van der Waals surface area contributed by atoms with E-state index in [-0.39, 0.29) is 7.92 Å². The summed E-state index contributed by atoms with van der Waals surface area (Å²) in [5.74, 6) is 1.95. The Balaban J connectivity index is 1.31. The fourth-order valence-corrected chi connectivity index (χ4v) is 8.75. The quantitative estimate of drug-likeness (QED) is 0.160. The molecule has 2 aromatic carbocycles. The Kier molecular flexibility index (Phi) is 10.7. The van der Waals surface area contributed by atoms with Gasteiger partial charge in [-0.1, -0.05) is 20.4 Å². The summed E-state index contributed by atoms with van der Waals surface area (Å²) in [7, 11) is 1.41. The molecule has 0 radical (unpaired) electrons. The summed E-state index contributed by atoms with van der Waals surface area (Å²) < 4.78 is 8.78. The Hall–Kier alpha value is -3.20. The number of piperidine rings is 2. The lowest BCUT2D eigenvalue weighted by atomic mass is 9.97. The van der Waals surface area contributed by atoms with Gasteiger partial charge in [-0.05, 0) is 112 Å². The van der Waals surface area contributed by atoms with Crippen LogP contribution >= 0.6 is 23.9 Å². The molecule has 2 saturated heterocycles. The van der Waals surface area contributed by atoms with Gasteiger partial charge in [0.25, 0.3) is 0 Å². The molecular weight excluding hydrogens is 671 g/mol. The van der Waals surface area contributed by atoms with Gasteiger partial charge in [0.2, 0.25) is 5.95 Å². The molecule has 47 heavy (non-hydrogen) atoms. The van der Waals surface area contributed by atoms with Crippen LogP contribution in [0.25, 0.3) is 11.1 Å². The van der Waals surface area contributed by atoms with Crippen LogP contribution in [-0.2, 0) is 6.54 Å². The van der Waals surface area contributed by atoms with E-state index in [2.05, 4.69) is 111 Å². The van der Waals surface area contributed by atoms with Crippen molar-refractivity contribution in [3.63, 3.8) is 0 Å². The third-order valence-electron chi connectivity index (χ3n) is 9.69. The smallest absolute Gasteiger partial charge is 0.229 e. The molecule has 11 heteroatoms. The molecule has 0 spiro atoms. The van der Waals surface area contributed by atoms with Crippen molar-refractivity contribution in [3.05, 3.63) is 58.5 Å². The molecule has 250 valence electrons. The molecule has 0 unspecified atom stereocenters. The molecule has 4 aromatic rings. The third kappa shape index (κ3) is 7.45. The molecule has 0 amide bonds. The molecule has 0 atom stereocenters. The number of hydrogen-bond acceptors (Lipinski definition) is 8. The van der Waals surface area contributed by atoms with Crippen LogP contribution in [0.15, 0.2) is 47.3 Å². The molecule has 0 bridgehead atoms. The van der Waals surface area contributed by atoms with Crippen LogP contribution in [0, 0.1) is 13.8 Å². The first-order valence-electron chi connectivity index (χ1n) is 16.8. The minimum atomic E-state index is -0.321. The van der Waals surface area contributed by atoms with E-state index in [9.17, 15) is 0 Å². The SMILES string of the molecule is CCn1cc(-c2cc(Nc3ncc(Br)c(Nc4ccc(C)c(C)c4P(C)C)n3)c(OC)cc2N2CCC(N3CCCCC3)CC2)cn1. The molecule has 4 heterocycles. The van der Waals surface area contributed by atoms with E-state index in [4.69, 9.17) is 9.72 Å². The van der Waals surface area contributed by atoms with Crippen LogP contribution in [0.1, 0.15) is 50.2 Å². The summed E-state index contributed by atoms with van der Waals surface area (Å²) in [6.07, 6.45) is 12.3.